The first kappa shape index (κ1) is 34.2. The summed E-state index contributed by atoms with van der Waals surface area (Å²) in [6.07, 6.45) is 5.25. The van der Waals surface area contributed by atoms with E-state index in [9.17, 15) is 18.0 Å². The SMILES string of the molecule is Cc1ccc(N(CC(=O)N(Cc2ccccc2Cl)[C@@H](Cc2ccccc2)C(=O)NC2CCCCC2)S(=O)(=O)c2ccccc2)cc1C. The van der Waals surface area contributed by atoms with Crippen LogP contribution < -0.4 is 9.62 Å². The molecule has 1 N–H and O–H groups in total. The van der Waals surface area contributed by atoms with Gasteiger partial charge in [0.25, 0.3) is 10.0 Å². The van der Waals surface area contributed by atoms with Crippen LogP contribution in [0.25, 0.3) is 0 Å². The van der Waals surface area contributed by atoms with Crippen LogP contribution in [-0.4, -0.2) is 43.8 Å². The molecule has 1 fully saturated rings. The monoisotopic (exact) mass is 671 g/mol. The molecule has 0 aromatic heterocycles. The molecule has 1 aliphatic rings. The van der Waals surface area contributed by atoms with Gasteiger partial charge in [0, 0.05) is 24.0 Å². The van der Waals surface area contributed by atoms with Crippen molar-refractivity contribution in [1.82, 2.24) is 10.2 Å². The number of sulfonamides is 1. The summed E-state index contributed by atoms with van der Waals surface area (Å²) >= 11 is 6.61. The number of rotatable bonds is 12. The Morgan fingerprint density at radius 3 is 2.13 bits per heavy atom. The Morgan fingerprint density at radius 1 is 0.830 bits per heavy atom. The van der Waals surface area contributed by atoms with Crippen molar-refractivity contribution in [2.75, 3.05) is 10.8 Å². The quantitative estimate of drug-likeness (QED) is 0.172. The van der Waals surface area contributed by atoms with E-state index in [1.807, 2.05) is 68.4 Å². The maximum Gasteiger partial charge on any atom is 0.264 e. The summed E-state index contributed by atoms with van der Waals surface area (Å²) in [5.74, 6) is -0.771. The van der Waals surface area contributed by atoms with Crippen LogP contribution in [0.15, 0.2) is 108 Å². The fourth-order valence-corrected chi connectivity index (χ4v) is 7.66. The first-order valence-corrected chi connectivity index (χ1v) is 18.0. The van der Waals surface area contributed by atoms with Crippen molar-refractivity contribution in [2.24, 2.45) is 0 Å². The fourth-order valence-electron chi connectivity index (χ4n) is 6.04. The van der Waals surface area contributed by atoms with Crippen molar-refractivity contribution < 1.29 is 18.0 Å². The lowest BCUT2D eigenvalue weighted by molar-refractivity contribution is -0.140. The van der Waals surface area contributed by atoms with Crippen molar-refractivity contribution in [3.63, 3.8) is 0 Å². The van der Waals surface area contributed by atoms with E-state index in [1.54, 1.807) is 36.4 Å². The Bertz CT molecular complexity index is 1780. The van der Waals surface area contributed by atoms with Crippen LogP contribution in [0.1, 0.15) is 54.4 Å². The number of hydrogen-bond acceptors (Lipinski definition) is 4. The van der Waals surface area contributed by atoms with Gasteiger partial charge in [0.15, 0.2) is 0 Å². The second kappa shape index (κ2) is 15.6. The smallest absolute Gasteiger partial charge is 0.264 e. The fraction of sp³-hybridized carbons (Fsp3) is 0.316. The minimum atomic E-state index is -4.16. The second-order valence-corrected chi connectivity index (χ2v) is 14.5. The van der Waals surface area contributed by atoms with Crippen LogP contribution in [0.4, 0.5) is 5.69 Å². The second-order valence-electron chi connectivity index (χ2n) is 12.3. The Labute approximate surface area is 283 Å². The molecule has 4 aromatic rings. The van der Waals surface area contributed by atoms with Gasteiger partial charge in [-0.15, -0.1) is 0 Å². The Hall–Kier alpha value is -4.14. The highest BCUT2D eigenvalue weighted by atomic mass is 35.5. The van der Waals surface area contributed by atoms with Crippen LogP contribution in [-0.2, 0) is 32.6 Å². The lowest BCUT2D eigenvalue weighted by Gasteiger charge is -2.35. The van der Waals surface area contributed by atoms with Gasteiger partial charge < -0.3 is 10.2 Å². The van der Waals surface area contributed by atoms with Gasteiger partial charge in [-0.05, 0) is 79.3 Å². The maximum absolute atomic E-state index is 14.7. The molecule has 0 saturated heterocycles. The molecule has 0 radical (unpaired) electrons. The van der Waals surface area contributed by atoms with Crippen molar-refractivity contribution in [3.05, 3.63) is 130 Å². The number of amides is 2. The number of nitrogens with one attached hydrogen (secondary N) is 1. The zero-order valence-corrected chi connectivity index (χ0v) is 28.5. The first-order valence-electron chi connectivity index (χ1n) is 16.2. The number of hydrogen-bond donors (Lipinski definition) is 1. The minimum Gasteiger partial charge on any atom is -0.352 e. The molecule has 0 bridgehead atoms. The number of carbonyl (C=O) groups is 2. The van der Waals surface area contributed by atoms with Crippen LogP contribution in [0.2, 0.25) is 5.02 Å². The third-order valence-corrected chi connectivity index (χ3v) is 11.1. The predicted octanol–water partition coefficient (Wildman–Crippen LogP) is 7.24. The molecule has 1 saturated carbocycles. The van der Waals surface area contributed by atoms with Crippen molar-refractivity contribution in [2.45, 2.75) is 75.9 Å². The Morgan fingerprint density at radius 2 is 1.47 bits per heavy atom. The molecule has 9 heteroatoms. The van der Waals surface area contributed by atoms with Gasteiger partial charge >= 0.3 is 0 Å². The average molecular weight is 672 g/mol. The molecule has 4 aromatic carbocycles. The van der Waals surface area contributed by atoms with Crippen LogP contribution in [0.5, 0.6) is 0 Å². The van der Waals surface area contributed by atoms with Gasteiger partial charge in [-0.2, -0.15) is 0 Å². The molecular formula is C38H42ClN3O4S. The lowest BCUT2D eigenvalue weighted by Crippen LogP contribution is -2.55. The number of benzene rings is 4. The number of nitrogens with zero attached hydrogens (tertiary/aromatic N) is 2. The van der Waals surface area contributed by atoms with Crippen molar-refractivity contribution in [1.29, 1.82) is 0 Å². The summed E-state index contributed by atoms with van der Waals surface area (Å²) in [6, 6.07) is 29.3. The van der Waals surface area contributed by atoms with E-state index >= 15 is 0 Å². The summed E-state index contributed by atoms with van der Waals surface area (Å²) in [5.41, 5.74) is 3.81. The minimum absolute atomic E-state index is 0.0253. The van der Waals surface area contributed by atoms with Crippen LogP contribution >= 0.6 is 11.6 Å². The molecule has 1 aliphatic carbocycles. The van der Waals surface area contributed by atoms with Gasteiger partial charge in [-0.3, -0.25) is 13.9 Å². The molecular weight excluding hydrogens is 630 g/mol. The summed E-state index contributed by atoms with van der Waals surface area (Å²) in [6.45, 7) is 3.38. The highest BCUT2D eigenvalue weighted by Gasteiger charge is 2.35. The number of aryl methyl sites for hydroxylation is 2. The van der Waals surface area contributed by atoms with E-state index in [0.29, 0.717) is 16.3 Å². The van der Waals surface area contributed by atoms with Crippen molar-refractivity contribution >= 4 is 39.1 Å². The zero-order valence-electron chi connectivity index (χ0n) is 26.9. The van der Waals surface area contributed by atoms with E-state index in [4.69, 9.17) is 11.6 Å². The van der Waals surface area contributed by atoms with Gasteiger partial charge in [0.1, 0.15) is 12.6 Å². The summed E-state index contributed by atoms with van der Waals surface area (Å²) in [7, 11) is -4.16. The number of carbonyl (C=O) groups excluding carboxylic acids is 2. The summed E-state index contributed by atoms with van der Waals surface area (Å²) < 4.78 is 29.6. The normalized spacial score (nSPS) is 14.3. The molecule has 5 rings (SSSR count). The highest BCUT2D eigenvalue weighted by molar-refractivity contribution is 7.92. The van der Waals surface area contributed by atoms with Gasteiger partial charge in [-0.1, -0.05) is 104 Å². The predicted molar refractivity (Wildman–Crippen MR) is 188 cm³/mol. The molecule has 0 unspecified atom stereocenters. The van der Waals surface area contributed by atoms with E-state index in [-0.39, 0.29) is 29.8 Å². The Balaban J connectivity index is 1.58. The van der Waals surface area contributed by atoms with Gasteiger partial charge in [-0.25, -0.2) is 8.42 Å². The van der Waals surface area contributed by atoms with Crippen LogP contribution in [0, 0.1) is 13.8 Å². The molecule has 47 heavy (non-hydrogen) atoms. The molecule has 0 heterocycles. The average Bonchev–Trinajstić information content (AvgIpc) is 3.08. The standard InChI is InChI=1S/C38H42ClN3O4S/c1-28-22-23-33(24-29(28)2)42(47(45,46)34-19-10-5-11-20-34)27-37(43)41(26-31-16-12-13-21-35(31)39)36(25-30-14-6-3-7-15-30)38(44)40-32-17-8-4-9-18-32/h3,5-7,10-16,19-24,32,36H,4,8-9,17-18,25-27H2,1-2H3,(H,40,44)/t36-/m0/s1. The van der Waals surface area contributed by atoms with Gasteiger partial charge in [0.05, 0.1) is 10.6 Å². The van der Waals surface area contributed by atoms with E-state index < -0.39 is 28.5 Å². The summed E-state index contributed by atoms with van der Waals surface area (Å²) in [5, 5.41) is 3.69. The third-order valence-electron chi connectivity index (χ3n) is 8.91. The molecule has 246 valence electrons. The van der Waals surface area contributed by atoms with Crippen molar-refractivity contribution in [3.8, 4) is 0 Å². The van der Waals surface area contributed by atoms with E-state index in [0.717, 1.165) is 53.1 Å². The van der Waals surface area contributed by atoms with Gasteiger partial charge in [0.2, 0.25) is 11.8 Å². The zero-order chi connectivity index (χ0) is 33.4. The molecule has 7 nitrogen and oxygen atoms in total. The number of halogens is 1. The topological polar surface area (TPSA) is 86.8 Å². The van der Waals surface area contributed by atoms with E-state index in [1.165, 1.54) is 17.0 Å². The largest absolute Gasteiger partial charge is 0.352 e. The van der Waals surface area contributed by atoms with Crippen LogP contribution in [0.3, 0.4) is 0 Å². The Kier molecular flexibility index (Phi) is 11.4. The number of anilines is 1. The first-order chi connectivity index (χ1) is 22.6. The molecule has 0 aliphatic heterocycles. The molecule has 1 atom stereocenters. The summed E-state index contributed by atoms with van der Waals surface area (Å²) in [4.78, 5) is 30.5. The molecule has 2 amide bonds. The maximum atomic E-state index is 14.7. The third kappa shape index (κ3) is 8.62. The molecule has 0 spiro atoms. The van der Waals surface area contributed by atoms with E-state index in [2.05, 4.69) is 5.32 Å². The lowest BCUT2D eigenvalue weighted by atomic mass is 9.94. The highest BCUT2D eigenvalue weighted by Crippen LogP contribution is 2.28.